The molecule has 0 aromatic heterocycles. The number of hydrogen-bond donors (Lipinski definition) is 1. The molecule has 6 nitrogen and oxygen atoms in total. The van der Waals surface area contributed by atoms with E-state index in [-0.39, 0.29) is 11.9 Å². The third-order valence-corrected chi connectivity index (χ3v) is 3.70. The first-order valence-electron chi connectivity index (χ1n) is 8.19. The van der Waals surface area contributed by atoms with E-state index in [1.165, 1.54) is 7.11 Å². The molecule has 134 valence electrons. The maximum absolute atomic E-state index is 12.0. The van der Waals surface area contributed by atoms with Gasteiger partial charge in [0.05, 0.1) is 27.0 Å². The van der Waals surface area contributed by atoms with Gasteiger partial charge in [-0.3, -0.25) is 9.59 Å². The maximum Gasteiger partial charge on any atom is 0.305 e. The van der Waals surface area contributed by atoms with Crippen LogP contribution < -0.4 is 14.8 Å². The first-order chi connectivity index (χ1) is 11.6. The first kappa shape index (κ1) is 19.8. The van der Waals surface area contributed by atoms with Crippen LogP contribution in [0.3, 0.4) is 0 Å². The average Bonchev–Trinajstić information content (AvgIpc) is 2.60. The van der Waals surface area contributed by atoms with Crippen LogP contribution in [-0.4, -0.2) is 33.2 Å². The van der Waals surface area contributed by atoms with Crippen LogP contribution in [0.5, 0.6) is 11.5 Å². The third kappa shape index (κ3) is 7.35. The van der Waals surface area contributed by atoms with Crippen molar-refractivity contribution in [2.24, 2.45) is 0 Å². The highest BCUT2D eigenvalue weighted by atomic mass is 16.5. The lowest BCUT2D eigenvalue weighted by Crippen LogP contribution is -2.12. The quantitative estimate of drug-likeness (QED) is 0.494. The molecule has 0 spiro atoms. The molecule has 0 aliphatic carbocycles. The number of methoxy groups -OCH3 is 3. The van der Waals surface area contributed by atoms with E-state index in [0.717, 1.165) is 32.1 Å². The van der Waals surface area contributed by atoms with Gasteiger partial charge in [-0.05, 0) is 25.0 Å². The van der Waals surface area contributed by atoms with Crippen LogP contribution in [0.2, 0.25) is 0 Å². The predicted octanol–water partition coefficient (Wildman–Crippen LogP) is 3.55. The number of benzene rings is 1. The number of ether oxygens (including phenoxy) is 3. The number of amides is 1. The lowest BCUT2D eigenvalue weighted by Gasteiger charge is -2.11. The van der Waals surface area contributed by atoms with Crippen LogP contribution in [0.25, 0.3) is 0 Å². The Morgan fingerprint density at radius 2 is 1.58 bits per heavy atom. The number of rotatable bonds is 11. The molecule has 6 heteroatoms. The Hall–Kier alpha value is -2.24. The van der Waals surface area contributed by atoms with Gasteiger partial charge >= 0.3 is 5.97 Å². The summed E-state index contributed by atoms with van der Waals surface area (Å²) in [5.41, 5.74) is 0.640. The summed E-state index contributed by atoms with van der Waals surface area (Å²) in [5, 5.41) is 2.86. The normalized spacial score (nSPS) is 10.1. The molecule has 0 atom stereocenters. The van der Waals surface area contributed by atoms with Crippen LogP contribution >= 0.6 is 0 Å². The van der Waals surface area contributed by atoms with Crippen molar-refractivity contribution in [2.45, 2.75) is 44.9 Å². The van der Waals surface area contributed by atoms with E-state index in [1.54, 1.807) is 32.4 Å². The van der Waals surface area contributed by atoms with E-state index in [9.17, 15) is 9.59 Å². The van der Waals surface area contributed by atoms with Crippen molar-refractivity contribution in [3.63, 3.8) is 0 Å². The van der Waals surface area contributed by atoms with Gasteiger partial charge in [-0.25, -0.2) is 0 Å². The Morgan fingerprint density at radius 3 is 2.21 bits per heavy atom. The smallest absolute Gasteiger partial charge is 0.305 e. The fraction of sp³-hybridized carbons (Fsp3) is 0.556. The molecule has 24 heavy (non-hydrogen) atoms. The molecule has 1 aromatic rings. The van der Waals surface area contributed by atoms with Gasteiger partial charge in [-0.2, -0.15) is 0 Å². The second kappa shape index (κ2) is 11.3. The Bertz CT molecular complexity index is 530. The summed E-state index contributed by atoms with van der Waals surface area (Å²) < 4.78 is 15.0. The van der Waals surface area contributed by atoms with Crippen molar-refractivity contribution >= 4 is 17.6 Å². The molecular formula is C18H27NO5. The molecule has 0 radical (unpaired) electrons. The second-order valence-electron chi connectivity index (χ2n) is 5.46. The summed E-state index contributed by atoms with van der Waals surface area (Å²) >= 11 is 0. The summed E-state index contributed by atoms with van der Waals surface area (Å²) in [5.74, 6) is 1.05. The van der Waals surface area contributed by atoms with Gasteiger partial charge in [-0.1, -0.05) is 19.3 Å². The average molecular weight is 337 g/mol. The Balaban J connectivity index is 2.23. The monoisotopic (exact) mass is 337 g/mol. The van der Waals surface area contributed by atoms with E-state index in [1.807, 2.05) is 0 Å². The summed E-state index contributed by atoms with van der Waals surface area (Å²) in [6, 6.07) is 5.28. The zero-order valence-electron chi connectivity index (χ0n) is 14.7. The number of anilines is 1. The van der Waals surface area contributed by atoms with E-state index in [2.05, 4.69) is 10.1 Å². The topological polar surface area (TPSA) is 73.9 Å². The number of hydrogen-bond acceptors (Lipinski definition) is 5. The molecule has 0 saturated heterocycles. The highest BCUT2D eigenvalue weighted by Gasteiger charge is 2.08. The highest BCUT2D eigenvalue weighted by molar-refractivity contribution is 5.92. The van der Waals surface area contributed by atoms with Gasteiger partial charge in [0.15, 0.2) is 0 Å². The van der Waals surface area contributed by atoms with Crippen LogP contribution in [0.1, 0.15) is 44.9 Å². The molecule has 1 amide bonds. The maximum atomic E-state index is 12.0. The van der Waals surface area contributed by atoms with Gasteiger partial charge in [0, 0.05) is 18.9 Å². The molecule has 0 bridgehead atoms. The Labute approximate surface area is 143 Å². The summed E-state index contributed by atoms with van der Waals surface area (Å²) in [7, 11) is 4.54. The van der Waals surface area contributed by atoms with Gasteiger partial charge in [0.1, 0.15) is 11.5 Å². The van der Waals surface area contributed by atoms with Gasteiger partial charge in [0.2, 0.25) is 5.91 Å². The van der Waals surface area contributed by atoms with E-state index >= 15 is 0 Å². The lowest BCUT2D eigenvalue weighted by atomic mass is 10.1. The fourth-order valence-corrected chi connectivity index (χ4v) is 2.30. The Kier molecular flexibility index (Phi) is 9.34. The second-order valence-corrected chi connectivity index (χ2v) is 5.46. The lowest BCUT2D eigenvalue weighted by molar-refractivity contribution is -0.140. The van der Waals surface area contributed by atoms with Crippen molar-refractivity contribution in [1.29, 1.82) is 0 Å². The Morgan fingerprint density at radius 1 is 0.917 bits per heavy atom. The third-order valence-electron chi connectivity index (χ3n) is 3.70. The van der Waals surface area contributed by atoms with Crippen molar-refractivity contribution in [2.75, 3.05) is 26.6 Å². The van der Waals surface area contributed by atoms with Gasteiger partial charge < -0.3 is 19.5 Å². The zero-order valence-corrected chi connectivity index (χ0v) is 14.7. The molecule has 0 unspecified atom stereocenters. The SMILES string of the molecule is COC(=O)CCCCCCCC(=O)Nc1ccc(OC)cc1OC. The summed E-state index contributed by atoms with van der Waals surface area (Å²) in [4.78, 5) is 23.0. The number of carbonyl (C=O) groups is 2. The number of carbonyl (C=O) groups excluding carboxylic acids is 2. The van der Waals surface area contributed by atoms with E-state index in [0.29, 0.717) is 30.0 Å². The van der Waals surface area contributed by atoms with Gasteiger partial charge in [-0.15, -0.1) is 0 Å². The van der Waals surface area contributed by atoms with Crippen LogP contribution in [-0.2, 0) is 14.3 Å². The van der Waals surface area contributed by atoms with Crippen LogP contribution in [0.4, 0.5) is 5.69 Å². The molecule has 0 heterocycles. The van der Waals surface area contributed by atoms with Crippen LogP contribution in [0.15, 0.2) is 18.2 Å². The minimum absolute atomic E-state index is 0.0342. The van der Waals surface area contributed by atoms with Gasteiger partial charge in [0.25, 0.3) is 0 Å². The minimum Gasteiger partial charge on any atom is -0.497 e. The molecule has 1 rings (SSSR count). The molecule has 0 saturated carbocycles. The zero-order chi connectivity index (χ0) is 17.8. The molecule has 0 aliphatic rings. The molecule has 0 aliphatic heterocycles. The fourth-order valence-electron chi connectivity index (χ4n) is 2.30. The van der Waals surface area contributed by atoms with E-state index < -0.39 is 0 Å². The number of esters is 1. The standard InChI is InChI=1S/C18H27NO5/c1-22-14-11-12-15(16(13-14)23-2)19-17(20)9-7-5-4-6-8-10-18(21)24-3/h11-13H,4-10H2,1-3H3,(H,19,20). The van der Waals surface area contributed by atoms with E-state index in [4.69, 9.17) is 9.47 Å². The highest BCUT2D eigenvalue weighted by Crippen LogP contribution is 2.29. The van der Waals surface area contributed by atoms with Crippen molar-refractivity contribution < 1.29 is 23.8 Å². The van der Waals surface area contributed by atoms with Crippen LogP contribution in [0, 0.1) is 0 Å². The van der Waals surface area contributed by atoms with Crippen molar-refractivity contribution in [3.05, 3.63) is 18.2 Å². The van der Waals surface area contributed by atoms with Crippen molar-refractivity contribution in [1.82, 2.24) is 0 Å². The van der Waals surface area contributed by atoms with Crippen molar-refractivity contribution in [3.8, 4) is 11.5 Å². The minimum atomic E-state index is -0.164. The largest absolute Gasteiger partial charge is 0.497 e. The molecular weight excluding hydrogens is 310 g/mol. The summed E-state index contributed by atoms with van der Waals surface area (Å²) in [6.07, 6.45) is 5.54. The number of unbranched alkanes of at least 4 members (excludes halogenated alkanes) is 4. The first-order valence-corrected chi connectivity index (χ1v) is 8.19. The molecule has 1 N–H and O–H groups in total. The predicted molar refractivity (Wildman–Crippen MR) is 92.5 cm³/mol. The summed E-state index contributed by atoms with van der Waals surface area (Å²) in [6.45, 7) is 0. The molecule has 0 fully saturated rings. The number of nitrogens with one attached hydrogen (secondary N) is 1. The molecule has 1 aromatic carbocycles.